The summed E-state index contributed by atoms with van der Waals surface area (Å²) in [4.78, 5) is 11.9. The molecule has 0 radical (unpaired) electrons. The molecule has 1 aromatic carbocycles. The molecule has 2 N–H and O–H groups in total. The van der Waals surface area contributed by atoms with E-state index in [1.54, 1.807) is 12.1 Å². The van der Waals surface area contributed by atoms with Gasteiger partial charge in [-0.15, -0.1) is 0 Å². The third-order valence-electron chi connectivity index (χ3n) is 3.45. The molecule has 0 spiro atoms. The highest BCUT2D eigenvalue weighted by Crippen LogP contribution is 2.47. The fourth-order valence-electron chi connectivity index (χ4n) is 2.27. The maximum atomic E-state index is 12.8. The van der Waals surface area contributed by atoms with Crippen LogP contribution in [0.2, 0.25) is 0 Å². The molecule has 0 aromatic heterocycles. The highest BCUT2D eigenvalue weighted by Gasteiger charge is 2.43. The van der Waals surface area contributed by atoms with Crippen molar-refractivity contribution < 1.29 is 9.18 Å². The monoisotopic (exact) mass is 264 g/mol. The fourth-order valence-corrected chi connectivity index (χ4v) is 2.27. The van der Waals surface area contributed by atoms with Crippen molar-refractivity contribution in [2.75, 3.05) is 19.6 Å². The van der Waals surface area contributed by atoms with Gasteiger partial charge >= 0.3 is 0 Å². The molecule has 1 aromatic rings. The Hall–Kier alpha value is -1.42. The first-order chi connectivity index (χ1) is 9.22. The van der Waals surface area contributed by atoms with Crippen molar-refractivity contribution in [3.8, 4) is 0 Å². The van der Waals surface area contributed by atoms with Gasteiger partial charge in [-0.05, 0) is 43.0 Å². The smallest absolute Gasteiger partial charge is 0.223 e. The standard InChI is InChI=1S/C15H21FN2O/c1-2-7-17-8-9-18-15(19)14-10-13(14)11-3-5-12(16)6-4-11/h3-6,13-14,17H,2,7-10H2,1H3,(H,18,19). The predicted molar refractivity (Wildman–Crippen MR) is 73.4 cm³/mol. The van der Waals surface area contributed by atoms with E-state index in [1.165, 1.54) is 12.1 Å². The van der Waals surface area contributed by atoms with Gasteiger partial charge in [0.1, 0.15) is 5.82 Å². The van der Waals surface area contributed by atoms with E-state index in [0.29, 0.717) is 6.54 Å². The molecule has 1 amide bonds. The third kappa shape index (κ3) is 4.03. The first kappa shape index (κ1) is 14.0. The lowest BCUT2D eigenvalue weighted by Crippen LogP contribution is -2.33. The molecule has 2 unspecified atom stereocenters. The van der Waals surface area contributed by atoms with Gasteiger partial charge in [0.15, 0.2) is 0 Å². The Kier molecular flexibility index (Phi) is 4.91. The maximum absolute atomic E-state index is 12.8. The van der Waals surface area contributed by atoms with Crippen LogP contribution in [0.5, 0.6) is 0 Å². The molecule has 0 saturated heterocycles. The molecular formula is C15H21FN2O. The van der Waals surface area contributed by atoms with Crippen LogP contribution in [0.25, 0.3) is 0 Å². The van der Waals surface area contributed by atoms with Crippen molar-refractivity contribution in [1.29, 1.82) is 0 Å². The van der Waals surface area contributed by atoms with E-state index in [2.05, 4.69) is 17.6 Å². The number of rotatable bonds is 7. The first-order valence-electron chi connectivity index (χ1n) is 6.96. The van der Waals surface area contributed by atoms with Gasteiger partial charge in [0.2, 0.25) is 5.91 Å². The zero-order chi connectivity index (χ0) is 13.7. The lowest BCUT2D eigenvalue weighted by Gasteiger charge is -2.06. The van der Waals surface area contributed by atoms with Crippen molar-refractivity contribution in [2.45, 2.75) is 25.7 Å². The van der Waals surface area contributed by atoms with Crippen molar-refractivity contribution in [3.05, 3.63) is 35.6 Å². The Balaban J connectivity index is 1.70. The number of hydrogen-bond acceptors (Lipinski definition) is 2. The Morgan fingerprint density at radius 1 is 1.26 bits per heavy atom. The number of hydrogen-bond donors (Lipinski definition) is 2. The normalized spacial score (nSPS) is 21.2. The van der Waals surface area contributed by atoms with E-state index in [4.69, 9.17) is 0 Å². The number of halogens is 1. The van der Waals surface area contributed by atoms with Crippen LogP contribution in [0, 0.1) is 11.7 Å². The van der Waals surface area contributed by atoms with Crippen molar-refractivity contribution in [1.82, 2.24) is 10.6 Å². The van der Waals surface area contributed by atoms with E-state index in [0.717, 1.165) is 31.5 Å². The topological polar surface area (TPSA) is 41.1 Å². The minimum Gasteiger partial charge on any atom is -0.355 e. The molecule has 4 heteroatoms. The van der Waals surface area contributed by atoms with E-state index in [1.807, 2.05) is 0 Å². The molecule has 1 saturated carbocycles. The highest BCUT2D eigenvalue weighted by atomic mass is 19.1. The summed E-state index contributed by atoms with van der Waals surface area (Å²) in [6, 6.07) is 6.46. The predicted octanol–water partition coefficient (Wildman–Crippen LogP) is 2.04. The zero-order valence-corrected chi connectivity index (χ0v) is 11.3. The summed E-state index contributed by atoms with van der Waals surface area (Å²) >= 11 is 0. The summed E-state index contributed by atoms with van der Waals surface area (Å²) in [5, 5.41) is 6.18. The highest BCUT2D eigenvalue weighted by molar-refractivity contribution is 5.82. The van der Waals surface area contributed by atoms with Crippen LogP contribution in [0.3, 0.4) is 0 Å². The molecule has 2 atom stereocenters. The summed E-state index contributed by atoms with van der Waals surface area (Å²) < 4.78 is 12.8. The van der Waals surface area contributed by atoms with Gasteiger partial charge in [0.05, 0.1) is 0 Å². The number of carbonyl (C=O) groups is 1. The third-order valence-corrected chi connectivity index (χ3v) is 3.45. The minimum atomic E-state index is -0.229. The molecule has 1 aliphatic carbocycles. The second-order valence-corrected chi connectivity index (χ2v) is 5.04. The molecule has 104 valence electrons. The quantitative estimate of drug-likeness (QED) is 0.740. The largest absolute Gasteiger partial charge is 0.355 e. The summed E-state index contributed by atoms with van der Waals surface area (Å²) in [5.41, 5.74) is 1.06. The van der Waals surface area contributed by atoms with Gasteiger partial charge in [-0.2, -0.15) is 0 Å². The van der Waals surface area contributed by atoms with Gasteiger partial charge in [0.25, 0.3) is 0 Å². The summed E-state index contributed by atoms with van der Waals surface area (Å²) in [5.74, 6) is 0.223. The molecule has 0 aliphatic heterocycles. The van der Waals surface area contributed by atoms with Crippen LogP contribution in [0.4, 0.5) is 4.39 Å². The van der Waals surface area contributed by atoms with Gasteiger partial charge in [0, 0.05) is 19.0 Å². The van der Waals surface area contributed by atoms with E-state index >= 15 is 0 Å². The number of nitrogens with one attached hydrogen (secondary N) is 2. The van der Waals surface area contributed by atoms with E-state index < -0.39 is 0 Å². The Morgan fingerprint density at radius 3 is 2.68 bits per heavy atom. The van der Waals surface area contributed by atoms with E-state index in [-0.39, 0.29) is 23.6 Å². The van der Waals surface area contributed by atoms with Gasteiger partial charge in [-0.25, -0.2) is 4.39 Å². The molecule has 2 rings (SSSR count). The van der Waals surface area contributed by atoms with Crippen LogP contribution >= 0.6 is 0 Å². The Bertz CT molecular complexity index is 419. The van der Waals surface area contributed by atoms with Crippen LogP contribution in [-0.2, 0) is 4.79 Å². The maximum Gasteiger partial charge on any atom is 0.223 e. The summed E-state index contributed by atoms with van der Waals surface area (Å²) in [6.07, 6.45) is 1.98. The van der Waals surface area contributed by atoms with Crippen molar-refractivity contribution in [3.63, 3.8) is 0 Å². The second-order valence-electron chi connectivity index (χ2n) is 5.04. The number of benzene rings is 1. The molecule has 0 heterocycles. The number of amides is 1. The zero-order valence-electron chi connectivity index (χ0n) is 11.3. The molecule has 3 nitrogen and oxygen atoms in total. The minimum absolute atomic E-state index is 0.0663. The van der Waals surface area contributed by atoms with Crippen LogP contribution in [0.15, 0.2) is 24.3 Å². The second kappa shape index (κ2) is 6.66. The van der Waals surface area contributed by atoms with Gasteiger partial charge in [-0.1, -0.05) is 19.1 Å². The van der Waals surface area contributed by atoms with E-state index in [9.17, 15) is 9.18 Å². The lowest BCUT2D eigenvalue weighted by molar-refractivity contribution is -0.122. The average molecular weight is 264 g/mol. The molecular weight excluding hydrogens is 243 g/mol. The SMILES string of the molecule is CCCNCCNC(=O)C1CC1c1ccc(F)cc1. The van der Waals surface area contributed by atoms with Crippen LogP contribution < -0.4 is 10.6 Å². The molecule has 19 heavy (non-hydrogen) atoms. The Labute approximate surface area is 113 Å². The van der Waals surface area contributed by atoms with Crippen LogP contribution in [0.1, 0.15) is 31.2 Å². The van der Waals surface area contributed by atoms with Crippen LogP contribution in [-0.4, -0.2) is 25.5 Å². The van der Waals surface area contributed by atoms with Crippen molar-refractivity contribution >= 4 is 5.91 Å². The average Bonchev–Trinajstić information content (AvgIpc) is 3.19. The molecule has 0 bridgehead atoms. The van der Waals surface area contributed by atoms with Gasteiger partial charge < -0.3 is 10.6 Å². The number of carbonyl (C=O) groups excluding carboxylic acids is 1. The van der Waals surface area contributed by atoms with Crippen molar-refractivity contribution in [2.24, 2.45) is 5.92 Å². The van der Waals surface area contributed by atoms with Gasteiger partial charge in [-0.3, -0.25) is 4.79 Å². The molecule has 1 fully saturated rings. The first-order valence-corrected chi connectivity index (χ1v) is 6.96. The fraction of sp³-hybridized carbons (Fsp3) is 0.533. The lowest BCUT2D eigenvalue weighted by atomic mass is 10.1. The summed E-state index contributed by atoms with van der Waals surface area (Å²) in [7, 11) is 0. The molecule has 1 aliphatic rings. The summed E-state index contributed by atoms with van der Waals surface area (Å²) in [6.45, 7) is 4.58. The Morgan fingerprint density at radius 2 is 2.00 bits per heavy atom.